The van der Waals surface area contributed by atoms with Gasteiger partial charge in [0.05, 0.1) is 31.5 Å². The van der Waals surface area contributed by atoms with Crippen molar-refractivity contribution in [1.82, 2.24) is 0 Å². The van der Waals surface area contributed by atoms with Gasteiger partial charge in [-0.1, -0.05) is 48.6 Å². The van der Waals surface area contributed by atoms with Gasteiger partial charge in [-0.05, 0) is 30.6 Å². The van der Waals surface area contributed by atoms with Crippen LogP contribution >= 0.6 is 0 Å². The third-order valence-corrected chi connectivity index (χ3v) is 6.57. The molecule has 0 spiro atoms. The fraction of sp³-hybridized carbons (Fsp3) is 0.500. The molecule has 0 bridgehead atoms. The van der Waals surface area contributed by atoms with Crippen molar-refractivity contribution in [2.75, 3.05) is 6.61 Å². The Kier molecular flexibility index (Phi) is 6.67. The van der Waals surface area contributed by atoms with Gasteiger partial charge in [0.1, 0.15) is 30.5 Å². The second kappa shape index (κ2) is 9.81. The van der Waals surface area contributed by atoms with Gasteiger partial charge in [0.25, 0.3) is 0 Å². The Labute approximate surface area is 188 Å². The summed E-state index contributed by atoms with van der Waals surface area (Å²) in [6.07, 6.45) is 8.92. The fourth-order valence-corrected chi connectivity index (χ4v) is 4.99. The van der Waals surface area contributed by atoms with Crippen molar-refractivity contribution in [1.29, 1.82) is 0 Å². The highest BCUT2D eigenvalue weighted by Crippen LogP contribution is 2.39. The molecule has 4 heterocycles. The van der Waals surface area contributed by atoms with Crippen molar-refractivity contribution in [3.63, 3.8) is 0 Å². The van der Waals surface area contributed by atoms with E-state index in [2.05, 4.69) is 24.8 Å². The number of ether oxygens (including phenoxy) is 5. The van der Waals surface area contributed by atoms with Gasteiger partial charge in [-0.25, -0.2) is 0 Å². The summed E-state index contributed by atoms with van der Waals surface area (Å²) < 4.78 is 31.8. The first-order chi connectivity index (χ1) is 15.7. The fourth-order valence-electron chi connectivity index (χ4n) is 4.99. The van der Waals surface area contributed by atoms with Crippen LogP contribution < -0.4 is 0 Å². The molecule has 0 radical (unpaired) electrons. The van der Waals surface area contributed by atoms with Crippen molar-refractivity contribution >= 4 is 5.78 Å². The van der Waals surface area contributed by atoms with Gasteiger partial charge in [-0.15, -0.1) is 6.58 Å². The van der Waals surface area contributed by atoms with E-state index < -0.39 is 6.10 Å². The van der Waals surface area contributed by atoms with Crippen LogP contribution in [0.3, 0.4) is 0 Å². The van der Waals surface area contributed by atoms with Gasteiger partial charge in [0.2, 0.25) is 0 Å². The molecule has 0 aliphatic carbocycles. The average molecular weight is 439 g/mol. The third-order valence-electron chi connectivity index (χ3n) is 6.57. The summed E-state index contributed by atoms with van der Waals surface area (Å²) in [6.45, 7) is 4.75. The molecule has 2 fully saturated rings. The molecule has 8 atom stereocenters. The summed E-state index contributed by atoms with van der Waals surface area (Å²) in [4.78, 5) is 12.4. The topological polar surface area (TPSA) is 63.2 Å². The largest absolute Gasteiger partial charge is 0.369 e. The standard InChI is InChI=1S/C26H30O6/c1-2-8-19-18(27)12-13-20-22(30-19)15-23-25(32-20)26(29-16-17-9-4-3-5-10-17)24-21(31-23)11-6-7-14-28-24/h2-7,9-10,12-13,19-26H,1,8,11,14-16H2/t19-,20-,21+,22+,23-,24+,25-,26-/m1/s1. The molecule has 1 aromatic rings. The van der Waals surface area contributed by atoms with Crippen LogP contribution in [-0.4, -0.2) is 61.2 Å². The van der Waals surface area contributed by atoms with E-state index >= 15 is 0 Å². The number of fused-ring (bicyclic) bond motifs is 3. The molecule has 5 rings (SSSR count). The molecule has 6 heteroatoms. The predicted molar refractivity (Wildman–Crippen MR) is 118 cm³/mol. The van der Waals surface area contributed by atoms with E-state index in [1.54, 1.807) is 12.2 Å². The number of hydrogen-bond acceptors (Lipinski definition) is 6. The molecule has 1 aromatic carbocycles. The van der Waals surface area contributed by atoms with Crippen LogP contribution in [0.25, 0.3) is 0 Å². The van der Waals surface area contributed by atoms with Gasteiger partial charge in [-0.2, -0.15) is 0 Å². The quantitative estimate of drug-likeness (QED) is 0.658. The Bertz CT molecular complexity index is 864. The Morgan fingerprint density at radius 1 is 1.03 bits per heavy atom. The summed E-state index contributed by atoms with van der Waals surface area (Å²) in [5.41, 5.74) is 1.10. The molecular weight excluding hydrogens is 408 g/mol. The van der Waals surface area contributed by atoms with Crippen LogP contribution in [0.5, 0.6) is 0 Å². The van der Waals surface area contributed by atoms with Crippen molar-refractivity contribution < 1.29 is 28.5 Å². The minimum absolute atomic E-state index is 0.0534. The summed E-state index contributed by atoms with van der Waals surface area (Å²) in [5, 5.41) is 0. The highest BCUT2D eigenvalue weighted by Gasteiger charge is 2.53. The Morgan fingerprint density at radius 3 is 2.75 bits per heavy atom. The van der Waals surface area contributed by atoms with Gasteiger partial charge >= 0.3 is 0 Å². The molecule has 170 valence electrons. The maximum atomic E-state index is 12.4. The summed E-state index contributed by atoms with van der Waals surface area (Å²) in [6, 6.07) is 10.1. The summed E-state index contributed by atoms with van der Waals surface area (Å²) >= 11 is 0. The number of ketones is 1. The highest BCUT2D eigenvalue weighted by atomic mass is 16.6. The number of rotatable bonds is 5. The minimum Gasteiger partial charge on any atom is -0.369 e. The van der Waals surface area contributed by atoms with Crippen molar-refractivity contribution in [2.24, 2.45) is 0 Å². The van der Waals surface area contributed by atoms with E-state index in [1.807, 2.05) is 30.4 Å². The highest BCUT2D eigenvalue weighted by molar-refractivity contribution is 5.94. The molecule has 0 amide bonds. The average Bonchev–Trinajstić information content (AvgIpc) is 3.13. The maximum absolute atomic E-state index is 12.4. The van der Waals surface area contributed by atoms with E-state index in [4.69, 9.17) is 23.7 Å². The molecule has 4 aliphatic heterocycles. The molecule has 32 heavy (non-hydrogen) atoms. The second-order valence-electron chi connectivity index (χ2n) is 8.73. The summed E-state index contributed by atoms with van der Waals surface area (Å²) in [5.74, 6) is -0.0534. The number of carbonyl (C=O) groups is 1. The van der Waals surface area contributed by atoms with Crippen molar-refractivity contribution in [3.05, 3.63) is 72.9 Å². The van der Waals surface area contributed by atoms with Gasteiger partial charge in [0.15, 0.2) is 5.78 Å². The zero-order valence-corrected chi connectivity index (χ0v) is 18.1. The lowest BCUT2D eigenvalue weighted by molar-refractivity contribution is -0.293. The lowest BCUT2D eigenvalue weighted by atomic mass is 9.87. The van der Waals surface area contributed by atoms with Crippen LogP contribution in [-0.2, 0) is 35.1 Å². The van der Waals surface area contributed by atoms with Crippen LogP contribution in [0.15, 0.2) is 67.3 Å². The molecule has 0 aromatic heterocycles. The van der Waals surface area contributed by atoms with Gasteiger partial charge < -0.3 is 23.7 Å². The Hall–Kier alpha value is -2.09. The number of benzene rings is 1. The monoisotopic (exact) mass is 438 g/mol. The molecule has 0 unspecified atom stereocenters. The third kappa shape index (κ3) is 4.51. The lowest BCUT2D eigenvalue weighted by Crippen LogP contribution is -2.64. The predicted octanol–water partition coefficient (Wildman–Crippen LogP) is 3.31. The Balaban J connectivity index is 1.38. The lowest BCUT2D eigenvalue weighted by Gasteiger charge is -2.50. The van der Waals surface area contributed by atoms with Crippen molar-refractivity contribution in [3.8, 4) is 0 Å². The van der Waals surface area contributed by atoms with E-state index in [-0.39, 0.29) is 48.5 Å². The first-order valence-electron chi connectivity index (χ1n) is 11.4. The molecule has 6 nitrogen and oxygen atoms in total. The SMILES string of the molecule is C=CC[C@H]1O[C@H]2C[C@H]3O[C@H]4CC=CCO[C@@H]4[C@@H](OCc4ccccc4)[C@@H]3O[C@@H]2C=CC1=O. The van der Waals surface area contributed by atoms with E-state index in [9.17, 15) is 4.79 Å². The van der Waals surface area contributed by atoms with Gasteiger partial charge in [-0.3, -0.25) is 4.79 Å². The number of hydrogen-bond donors (Lipinski definition) is 0. The van der Waals surface area contributed by atoms with Crippen LogP contribution in [0.4, 0.5) is 0 Å². The molecule has 0 N–H and O–H groups in total. The van der Waals surface area contributed by atoms with Crippen LogP contribution in [0, 0.1) is 0 Å². The molecular formula is C26H30O6. The first kappa shape index (κ1) is 21.7. The van der Waals surface area contributed by atoms with Gasteiger partial charge in [0, 0.05) is 6.42 Å². The normalized spacial score (nSPS) is 38.7. The van der Waals surface area contributed by atoms with Crippen LogP contribution in [0.1, 0.15) is 24.8 Å². The molecule has 0 saturated carbocycles. The second-order valence-corrected chi connectivity index (χ2v) is 8.73. The maximum Gasteiger partial charge on any atom is 0.184 e. The van der Waals surface area contributed by atoms with E-state index in [0.29, 0.717) is 26.1 Å². The van der Waals surface area contributed by atoms with Crippen LogP contribution in [0.2, 0.25) is 0 Å². The van der Waals surface area contributed by atoms with Crippen molar-refractivity contribution in [2.45, 2.75) is 74.7 Å². The summed E-state index contributed by atoms with van der Waals surface area (Å²) in [7, 11) is 0. The Morgan fingerprint density at radius 2 is 1.91 bits per heavy atom. The zero-order chi connectivity index (χ0) is 21.9. The molecule has 2 saturated heterocycles. The smallest absolute Gasteiger partial charge is 0.184 e. The first-order valence-corrected chi connectivity index (χ1v) is 11.4. The minimum atomic E-state index is -0.524. The zero-order valence-electron chi connectivity index (χ0n) is 18.1. The number of carbonyl (C=O) groups excluding carboxylic acids is 1. The molecule has 4 aliphatic rings. The van der Waals surface area contributed by atoms with E-state index in [0.717, 1.165) is 12.0 Å². The van der Waals surface area contributed by atoms with E-state index in [1.165, 1.54) is 0 Å².